The van der Waals surface area contributed by atoms with E-state index in [2.05, 4.69) is 15.0 Å². The average Bonchev–Trinajstić information content (AvgIpc) is 3.43. The SMILES string of the molecule is CCc1cc2c(C(=O)NC)c(-c3ccc(F)cc3)oc2nc1NS(=O)(=O)CCCCN1CCCC1=O. The van der Waals surface area contributed by atoms with Crippen molar-refractivity contribution in [2.45, 2.75) is 39.0 Å². The number of furan rings is 1. The van der Waals surface area contributed by atoms with Crippen LogP contribution < -0.4 is 10.0 Å². The predicted molar refractivity (Wildman–Crippen MR) is 135 cm³/mol. The molecule has 0 radical (unpaired) electrons. The van der Waals surface area contributed by atoms with Gasteiger partial charge in [-0.1, -0.05) is 6.92 Å². The molecule has 0 atom stereocenters. The van der Waals surface area contributed by atoms with Crippen LogP contribution in [0.25, 0.3) is 22.4 Å². The number of anilines is 1. The maximum absolute atomic E-state index is 13.4. The summed E-state index contributed by atoms with van der Waals surface area (Å²) in [6.07, 6.45) is 2.87. The molecule has 3 heterocycles. The van der Waals surface area contributed by atoms with E-state index in [-0.39, 0.29) is 34.5 Å². The fraction of sp³-hybridized carbons (Fsp3) is 0.400. The number of unbranched alkanes of at least 4 members (excludes halogenated alkanes) is 1. The van der Waals surface area contributed by atoms with Crippen LogP contribution in [-0.2, 0) is 21.2 Å². The van der Waals surface area contributed by atoms with Crippen molar-refractivity contribution in [3.05, 3.63) is 47.3 Å². The van der Waals surface area contributed by atoms with Crippen molar-refractivity contribution in [2.75, 3.05) is 30.6 Å². The van der Waals surface area contributed by atoms with E-state index in [1.165, 1.54) is 31.3 Å². The van der Waals surface area contributed by atoms with Gasteiger partial charge in [-0.25, -0.2) is 12.8 Å². The summed E-state index contributed by atoms with van der Waals surface area (Å²) < 4.78 is 47.5. The molecule has 0 saturated carbocycles. The van der Waals surface area contributed by atoms with Crippen LogP contribution in [0.2, 0.25) is 0 Å². The maximum atomic E-state index is 13.4. The minimum absolute atomic E-state index is 0.0929. The second kappa shape index (κ2) is 10.7. The number of rotatable bonds is 10. The molecular weight excluding hydrogens is 487 g/mol. The van der Waals surface area contributed by atoms with Crippen LogP contribution in [0.4, 0.5) is 10.2 Å². The lowest BCUT2D eigenvalue weighted by molar-refractivity contribution is -0.127. The zero-order valence-corrected chi connectivity index (χ0v) is 21.1. The lowest BCUT2D eigenvalue weighted by atomic mass is 10.0. The Hall–Kier alpha value is -3.47. The molecule has 2 N–H and O–H groups in total. The monoisotopic (exact) mass is 516 g/mol. The number of aryl methyl sites for hydroxylation is 1. The summed E-state index contributed by atoms with van der Waals surface area (Å²) in [5.74, 6) is -0.456. The highest BCUT2D eigenvalue weighted by Gasteiger charge is 2.25. The minimum Gasteiger partial charge on any atom is -0.437 e. The number of pyridine rings is 1. The summed E-state index contributed by atoms with van der Waals surface area (Å²) in [5, 5.41) is 3.02. The molecule has 0 bridgehead atoms. The molecule has 2 aromatic heterocycles. The molecule has 1 fully saturated rings. The number of nitrogens with zero attached hydrogens (tertiary/aromatic N) is 2. The molecule has 192 valence electrons. The topological polar surface area (TPSA) is 122 Å². The van der Waals surface area contributed by atoms with Crippen molar-refractivity contribution in [1.29, 1.82) is 0 Å². The molecule has 3 aromatic rings. The van der Waals surface area contributed by atoms with Crippen molar-refractivity contribution in [3.8, 4) is 11.3 Å². The predicted octanol–water partition coefficient (Wildman–Crippen LogP) is 3.70. The Bertz CT molecular complexity index is 1390. The van der Waals surface area contributed by atoms with Crippen LogP contribution in [-0.4, -0.2) is 56.0 Å². The number of fused-ring (bicyclic) bond motifs is 1. The first-order valence-corrected chi connectivity index (χ1v) is 13.6. The van der Waals surface area contributed by atoms with Gasteiger partial charge in [-0.15, -0.1) is 0 Å². The van der Waals surface area contributed by atoms with E-state index in [0.29, 0.717) is 48.7 Å². The maximum Gasteiger partial charge on any atom is 0.255 e. The van der Waals surface area contributed by atoms with Gasteiger partial charge in [-0.05, 0) is 61.6 Å². The fourth-order valence-electron chi connectivity index (χ4n) is 4.31. The Kier molecular flexibility index (Phi) is 7.58. The van der Waals surface area contributed by atoms with E-state index in [1.54, 1.807) is 11.0 Å². The van der Waals surface area contributed by atoms with E-state index in [9.17, 15) is 22.4 Å². The number of carbonyl (C=O) groups is 2. The number of sulfonamides is 1. The normalized spacial score (nSPS) is 14.0. The first kappa shape index (κ1) is 25.6. The third-order valence-electron chi connectivity index (χ3n) is 6.22. The zero-order chi connectivity index (χ0) is 25.9. The number of aromatic nitrogens is 1. The molecule has 11 heteroatoms. The molecule has 0 aliphatic carbocycles. The smallest absolute Gasteiger partial charge is 0.255 e. The van der Waals surface area contributed by atoms with Gasteiger partial charge in [0, 0.05) is 32.1 Å². The highest BCUT2D eigenvalue weighted by Crippen LogP contribution is 2.35. The summed E-state index contributed by atoms with van der Waals surface area (Å²) in [6, 6.07) is 7.22. The van der Waals surface area contributed by atoms with Gasteiger partial charge in [0.2, 0.25) is 21.6 Å². The van der Waals surface area contributed by atoms with E-state index >= 15 is 0 Å². The fourth-order valence-corrected chi connectivity index (χ4v) is 5.47. The second-order valence-electron chi connectivity index (χ2n) is 8.71. The van der Waals surface area contributed by atoms with Crippen LogP contribution in [0.3, 0.4) is 0 Å². The number of hydrogen-bond donors (Lipinski definition) is 2. The van der Waals surface area contributed by atoms with Crippen molar-refractivity contribution in [2.24, 2.45) is 0 Å². The first-order chi connectivity index (χ1) is 17.2. The van der Waals surface area contributed by atoms with Gasteiger partial charge in [0.1, 0.15) is 17.4 Å². The molecule has 9 nitrogen and oxygen atoms in total. The van der Waals surface area contributed by atoms with E-state index in [4.69, 9.17) is 4.42 Å². The molecule has 0 unspecified atom stereocenters. The Morgan fingerprint density at radius 3 is 2.61 bits per heavy atom. The van der Waals surface area contributed by atoms with Gasteiger partial charge in [0.15, 0.2) is 0 Å². The number of amides is 2. The molecule has 1 saturated heterocycles. The van der Waals surface area contributed by atoms with Crippen LogP contribution >= 0.6 is 0 Å². The zero-order valence-electron chi connectivity index (χ0n) is 20.3. The number of halogens is 1. The van der Waals surface area contributed by atoms with Gasteiger partial charge in [-0.2, -0.15) is 4.98 Å². The molecule has 2 amide bonds. The summed E-state index contributed by atoms with van der Waals surface area (Å²) in [4.78, 5) is 30.6. The average molecular weight is 517 g/mol. The van der Waals surface area contributed by atoms with Crippen LogP contribution in [0.5, 0.6) is 0 Å². The minimum atomic E-state index is -3.70. The standard InChI is InChI=1S/C25H29FN4O5S/c1-3-16-15-19-21(24(32)27-2)22(17-8-10-18(26)11-9-17)35-25(19)28-23(16)29-36(33,34)14-5-4-12-30-13-6-7-20(30)31/h8-11,15H,3-7,12-14H2,1-2H3,(H,27,32)(H,28,29). The van der Waals surface area contributed by atoms with Gasteiger partial charge in [0.25, 0.3) is 5.91 Å². The Labute approximate surface area is 209 Å². The first-order valence-electron chi connectivity index (χ1n) is 11.9. The Balaban J connectivity index is 1.59. The molecule has 36 heavy (non-hydrogen) atoms. The van der Waals surface area contributed by atoms with Crippen molar-refractivity contribution >= 4 is 38.8 Å². The van der Waals surface area contributed by atoms with E-state index in [0.717, 1.165) is 13.0 Å². The largest absolute Gasteiger partial charge is 0.437 e. The molecule has 1 aromatic carbocycles. The summed E-state index contributed by atoms with van der Waals surface area (Å²) >= 11 is 0. The molecule has 4 rings (SSSR count). The summed E-state index contributed by atoms with van der Waals surface area (Å²) in [7, 11) is -2.21. The molecule has 1 aliphatic rings. The third-order valence-corrected chi connectivity index (χ3v) is 7.55. The Morgan fingerprint density at radius 2 is 1.97 bits per heavy atom. The number of benzene rings is 1. The molecular formula is C25H29FN4O5S. The Morgan fingerprint density at radius 1 is 1.22 bits per heavy atom. The quantitative estimate of drug-likeness (QED) is 0.396. The number of nitrogens with one attached hydrogen (secondary N) is 2. The molecule has 0 spiro atoms. The van der Waals surface area contributed by atoms with E-state index in [1.807, 2.05) is 6.92 Å². The highest BCUT2D eigenvalue weighted by molar-refractivity contribution is 7.92. The van der Waals surface area contributed by atoms with Gasteiger partial charge in [-0.3, -0.25) is 14.3 Å². The number of likely N-dealkylation sites (tertiary alicyclic amines) is 1. The highest BCUT2D eigenvalue weighted by atomic mass is 32.2. The van der Waals surface area contributed by atoms with Gasteiger partial charge >= 0.3 is 0 Å². The van der Waals surface area contributed by atoms with Crippen LogP contribution in [0.15, 0.2) is 34.7 Å². The van der Waals surface area contributed by atoms with Crippen molar-refractivity contribution < 1.29 is 26.8 Å². The van der Waals surface area contributed by atoms with Crippen LogP contribution in [0, 0.1) is 5.82 Å². The van der Waals surface area contributed by atoms with E-state index < -0.39 is 21.7 Å². The van der Waals surface area contributed by atoms with Gasteiger partial charge in [0.05, 0.1) is 16.7 Å². The van der Waals surface area contributed by atoms with Gasteiger partial charge < -0.3 is 14.6 Å². The lowest BCUT2D eigenvalue weighted by Crippen LogP contribution is -2.26. The second-order valence-corrected chi connectivity index (χ2v) is 10.5. The van der Waals surface area contributed by atoms with Crippen LogP contribution in [0.1, 0.15) is 48.5 Å². The number of carbonyl (C=O) groups excluding carboxylic acids is 2. The number of hydrogen-bond acceptors (Lipinski definition) is 6. The summed E-state index contributed by atoms with van der Waals surface area (Å²) in [5.41, 5.74) is 1.43. The summed E-state index contributed by atoms with van der Waals surface area (Å²) in [6.45, 7) is 3.14. The lowest BCUT2D eigenvalue weighted by Gasteiger charge is -2.15. The van der Waals surface area contributed by atoms with Crippen molar-refractivity contribution in [3.63, 3.8) is 0 Å². The third kappa shape index (κ3) is 5.51. The molecule has 1 aliphatic heterocycles. The van der Waals surface area contributed by atoms with Crippen molar-refractivity contribution in [1.82, 2.24) is 15.2 Å².